The van der Waals surface area contributed by atoms with E-state index >= 15 is 0 Å². The number of anilines is 1. The zero-order valence-corrected chi connectivity index (χ0v) is 14.4. The molecule has 2 fully saturated rings. The summed E-state index contributed by atoms with van der Waals surface area (Å²) < 4.78 is 38.9. The SMILES string of the molecule is O=C(CN1CCN(C(=O)C2CCC2)CC1)Nc1ccccc1C(F)(F)F. The number of piperazine rings is 1. The highest BCUT2D eigenvalue weighted by Crippen LogP contribution is 2.34. The lowest BCUT2D eigenvalue weighted by molar-refractivity contribution is -0.140. The summed E-state index contributed by atoms with van der Waals surface area (Å²) >= 11 is 0. The predicted molar refractivity (Wildman–Crippen MR) is 90.4 cm³/mol. The van der Waals surface area contributed by atoms with Crippen LogP contribution >= 0.6 is 0 Å². The molecule has 1 aromatic carbocycles. The van der Waals surface area contributed by atoms with E-state index in [1.807, 2.05) is 9.80 Å². The Bertz CT molecular complexity index is 666. The van der Waals surface area contributed by atoms with Crippen molar-refractivity contribution in [1.29, 1.82) is 0 Å². The molecule has 5 nitrogen and oxygen atoms in total. The quantitative estimate of drug-likeness (QED) is 0.888. The molecule has 2 amide bonds. The van der Waals surface area contributed by atoms with Crippen molar-refractivity contribution in [2.24, 2.45) is 5.92 Å². The average Bonchev–Trinajstić information content (AvgIpc) is 2.53. The van der Waals surface area contributed by atoms with Crippen molar-refractivity contribution in [2.75, 3.05) is 38.0 Å². The summed E-state index contributed by atoms with van der Waals surface area (Å²) in [5.74, 6) is -0.136. The van der Waals surface area contributed by atoms with Crippen molar-refractivity contribution in [3.63, 3.8) is 0 Å². The van der Waals surface area contributed by atoms with Crippen LogP contribution in [0.5, 0.6) is 0 Å². The first kappa shape index (κ1) is 18.7. The van der Waals surface area contributed by atoms with Gasteiger partial charge in [0.1, 0.15) is 0 Å². The highest BCUT2D eigenvalue weighted by molar-refractivity contribution is 5.93. The Morgan fingerprint density at radius 2 is 1.73 bits per heavy atom. The van der Waals surface area contributed by atoms with E-state index in [4.69, 9.17) is 0 Å². The zero-order chi connectivity index (χ0) is 18.7. The molecule has 26 heavy (non-hydrogen) atoms. The van der Waals surface area contributed by atoms with Gasteiger partial charge in [-0.05, 0) is 25.0 Å². The summed E-state index contributed by atoms with van der Waals surface area (Å²) in [5.41, 5.74) is -1.09. The maximum absolute atomic E-state index is 13.0. The van der Waals surface area contributed by atoms with Crippen LogP contribution in [0, 0.1) is 5.92 Å². The van der Waals surface area contributed by atoms with Crippen molar-refractivity contribution in [1.82, 2.24) is 9.80 Å². The number of rotatable bonds is 4. The molecule has 142 valence electrons. The second-order valence-corrected chi connectivity index (χ2v) is 6.82. The topological polar surface area (TPSA) is 52.7 Å². The van der Waals surface area contributed by atoms with Crippen LogP contribution in [0.2, 0.25) is 0 Å². The molecule has 1 heterocycles. The Morgan fingerprint density at radius 1 is 1.08 bits per heavy atom. The molecule has 0 spiro atoms. The fourth-order valence-corrected chi connectivity index (χ4v) is 3.27. The molecular formula is C18H22F3N3O2. The first-order chi connectivity index (χ1) is 12.3. The number of nitrogens with zero attached hydrogens (tertiary/aromatic N) is 2. The van der Waals surface area contributed by atoms with E-state index in [-0.39, 0.29) is 24.1 Å². The number of amides is 2. The lowest BCUT2D eigenvalue weighted by Gasteiger charge is -2.38. The van der Waals surface area contributed by atoms with Crippen molar-refractivity contribution in [3.8, 4) is 0 Å². The highest BCUT2D eigenvalue weighted by Gasteiger charge is 2.34. The number of benzene rings is 1. The van der Waals surface area contributed by atoms with Gasteiger partial charge in [-0.1, -0.05) is 18.6 Å². The van der Waals surface area contributed by atoms with Crippen LogP contribution in [-0.4, -0.2) is 54.3 Å². The molecular weight excluding hydrogens is 347 g/mol. The molecule has 0 unspecified atom stereocenters. The molecule has 1 aliphatic carbocycles. The summed E-state index contributed by atoms with van der Waals surface area (Å²) in [6.07, 6.45) is -1.49. The van der Waals surface area contributed by atoms with Crippen LogP contribution in [0.3, 0.4) is 0 Å². The Balaban J connectivity index is 1.50. The van der Waals surface area contributed by atoms with E-state index in [2.05, 4.69) is 5.32 Å². The third-order valence-electron chi connectivity index (χ3n) is 5.01. The standard InChI is InChI=1S/C18H22F3N3O2/c19-18(20,21)14-6-1-2-7-15(14)22-16(25)12-23-8-10-24(11-9-23)17(26)13-4-3-5-13/h1-2,6-7,13H,3-5,8-12H2,(H,22,25). The Kier molecular flexibility index (Phi) is 5.50. The predicted octanol–water partition coefficient (Wildman–Crippen LogP) is 2.59. The van der Waals surface area contributed by atoms with Crippen LogP contribution in [0.25, 0.3) is 0 Å². The van der Waals surface area contributed by atoms with Gasteiger partial charge in [-0.3, -0.25) is 14.5 Å². The van der Waals surface area contributed by atoms with Gasteiger partial charge in [-0.2, -0.15) is 13.2 Å². The third-order valence-corrected chi connectivity index (χ3v) is 5.01. The van der Waals surface area contributed by atoms with E-state index in [1.54, 1.807) is 0 Å². The summed E-state index contributed by atoms with van der Waals surface area (Å²) in [7, 11) is 0. The summed E-state index contributed by atoms with van der Waals surface area (Å²) in [6, 6.07) is 4.93. The molecule has 2 aliphatic rings. The van der Waals surface area contributed by atoms with Gasteiger partial charge in [0.2, 0.25) is 11.8 Å². The number of nitrogens with one attached hydrogen (secondary N) is 1. The van der Waals surface area contributed by atoms with Gasteiger partial charge in [-0.15, -0.1) is 0 Å². The lowest BCUT2D eigenvalue weighted by Crippen LogP contribution is -2.52. The first-order valence-corrected chi connectivity index (χ1v) is 8.82. The summed E-state index contributed by atoms with van der Waals surface area (Å²) in [6.45, 7) is 2.22. The molecule has 0 aromatic heterocycles. The fraction of sp³-hybridized carbons (Fsp3) is 0.556. The number of halogens is 3. The number of alkyl halides is 3. The number of carbonyl (C=O) groups is 2. The van der Waals surface area contributed by atoms with Crippen molar-refractivity contribution < 1.29 is 22.8 Å². The molecule has 0 atom stereocenters. The van der Waals surface area contributed by atoms with Gasteiger partial charge >= 0.3 is 6.18 Å². The van der Waals surface area contributed by atoms with Gasteiger partial charge in [0.25, 0.3) is 0 Å². The summed E-state index contributed by atoms with van der Waals surface area (Å²) in [5, 5.41) is 2.35. The van der Waals surface area contributed by atoms with E-state index in [9.17, 15) is 22.8 Å². The highest BCUT2D eigenvalue weighted by atomic mass is 19.4. The second-order valence-electron chi connectivity index (χ2n) is 6.82. The molecule has 8 heteroatoms. The maximum atomic E-state index is 13.0. The number of para-hydroxylation sites is 1. The first-order valence-electron chi connectivity index (χ1n) is 8.82. The number of hydrogen-bond acceptors (Lipinski definition) is 3. The van der Waals surface area contributed by atoms with Gasteiger partial charge in [-0.25, -0.2) is 0 Å². The second kappa shape index (κ2) is 7.65. The van der Waals surface area contributed by atoms with Crippen molar-refractivity contribution in [3.05, 3.63) is 29.8 Å². The minimum Gasteiger partial charge on any atom is -0.340 e. The smallest absolute Gasteiger partial charge is 0.340 e. The van der Waals surface area contributed by atoms with Crippen LogP contribution < -0.4 is 5.32 Å². The number of carbonyl (C=O) groups excluding carboxylic acids is 2. The largest absolute Gasteiger partial charge is 0.418 e. The van der Waals surface area contributed by atoms with Gasteiger partial charge in [0.15, 0.2) is 0 Å². The van der Waals surface area contributed by atoms with E-state index in [0.717, 1.165) is 25.3 Å². The Labute approximate surface area is 150 Å². The molecule has 1 aromatic rings. The van der Waals surface area contributed by atoms with Crippen LogP contribution in [0.4, 0.5) is 18.9 Å². The summed E-state index contributed by atoms with van der Waals surface area (Å²) in [4.78, 5) is 28.0. The van der Waals surface area contributed by atoms with Gasteiger partial charge in [0.05, 0.1) is 17.8 Å². The van der Waals surface area contributed by atoms with Crippen molar-refractivity contribution >= 4 is 17.5 Å². The van der Waals surface area contributed by atoms with Crippen LogP contribution in [-0.2, 0) is 15.8 Å². The molecule has 0 radical (unpaired) electrons. The Morgan fingerprint density at radius 3 is 2.31 bits per heavy atom. The number of hydrogen-bond donors (Lipinski definition) is 1. The normalized spacial score (nSPS) is 19.1. The van der Waals surface area contributed by atoms with Gasteiger partial charge < -0.3 is 10.2 Å². The van der Waals surface area contributed by atoms with Crippen molar-refractivity contribution in [2.45, 2.75) is 25.4 Å². The molecule has 1 saturated heterocycles. The van der Waals surface area contributed by atoms with Crippen LogP contribution in [0.1, 0.15) is 24.8 Å². The minimum absolute atomic E-state index is 0.0116. The minimum atomic E-state index is -4.52. The van der Waals surface area contributed by atoms with E-state index in [0.29, 0.717) is 26.2 Å². The monoisotopic (exact) mass is 369 g/mol. The van der Waals surface area contributed by atoms with E-state index in [1.165, 1.54) is 18.2 Å². The Hall–Kier alpha value is -2.09. The lowest BCUT2D eigenvalue weighted by atomic mass is 9.84. The maximum Gasteiger partial charge on any atom is 0.418 e. The molecule has 0 bridgehead atoms. The molecule has 3 rings (SSSR count). The van der Waals surface area contributed by atoms with Gasteiger partial charge in [0, 0.05) is 32.1 Å². The zero-order valence-electron chi connectivity index (χ0n) is 14.4. The van der Waals surface area contributed by atoms with Crippen LogP contribution in [0.15, 0.2) is 24.3 Å². The third kappa shape index (κ3) is 4.35. The molecule has 1 aliphatic heterocycles. The fourth-order valence-electron chi connectivity index (χ4n) is 3.27. The molecule has 1 saturated carbocycles. The average molecular weight is 369 g/mol. The van der Waals surface area contributed by atoms with E-state index < -0.39 is 17.6 Å². The molecule has 1 N–H and O–H groups in total.